The Labute approximate surface area is 230 Å². The second-order valence-electron chi connectivity index (χ2n) is 9.51. The molecule has 39 heavy (non-hydrogen) atoms. The summed E-state index contributed by atoms with van der Waals surface area (Å²) in [5, 5.41) is 6.12. The van der Waals surface area contributed by atoms with E-state index < -0.39 is 12.2 Å². The van der Waals surface area contributed by atoms with Crippen LogP contribution in [-0.2, 0) is 4.74 Å². The molecule has 8 nitrogen and oxygen atoms in total. The van der Waals surface area contributed by atoms with E-state index in [2.05, 4.69) is 57.5 Å². The minimum Gasteiger partial charge on any atom is -0.492 e. The second kappa shape index (κ2) is 13.4. The molecule has 3 aromatic carbocycles. The van der Waals surface area contributed by atoms with E-state index in [1.807, 2.05) is 62.6 Å². The number of rotatable bonds is 11. The molecular weight excluding hydrogens is 490 g/mol. The van der Waals surface area contributed by atoms with Gasteiger partial charge in [0.1, 0.15) is 30.6 Å². The highest BCUT2D eigenvalue weighted by molar-refractivity contribution is 5.83. The lowest BCUT2D eigenvalue weighted by molar-refractivity contribution is 0.118. The average molecular weight is 526 g/mol. The van der Waals surface area contributed by atoms with Gasteiger partial charge in [0.05, 0.1) is 6.54 Å². The van der Waals surface area contributed by atoms with Gasteiger partial charge in [-0.05, 0) is 80.5 Å². The van der Waals surface area contributed by atoms with E-state index in [9.17, 15) is 4.79 Å². The van der Waals surface area contributed by atoms with Crippen molar-refractivity contribution in [2.75, 3.05) is 44.4 Å². The maximum absolute atomic E-state index is 12.9. The summed E-state index contributed by atoms with van der Waals surface area (Å²) in [5.74, 6) is 1.18. The van der Waals surface area contributed by atoms with Crippen molar-refractivity contribution in [1.29, 1.82) is 0 Å². The van der Waals surface area contributed by atoms with E-state index in [-0.39, 0.29) is 0 Å². The van der Waals surface area contributed by atoms with Crippen LogP contribution in [0.3, 0.4) is 0 Å². The molecule has 0 aliphatic heterocycles. The molecule has 1 atom stereocenters. The van der Waals surface area contributed by atoms with Crippen molar-refractivity contribution in [2.24, 2.45) is 0 Å². The highest BCUT2D eigenvalue weighted by Gasteiger charge is 2.22. The van der Waals surface area contributed by atoms with E-state index in [1.54, 1.807) is 12.3 Å². The zero-order valence-corrected chi connectivity index (χ0v) is 22.8. The molecule has 202 valence electrons. The molecular formula is C31H35N5O3. The maximum Gasteiger partial charge on any atom is 0.413 e. The number of carbonyl (C=O) groups excluding carboxylic acids is 1. The van der Waals surface area contributed by atoms with Crippen LogP contribution in [0.15, 0.2) is 85.3 Å². The number of aromatic nitrogens is 2. The minimum atomic E-state index is -0.596. The van der Waals surface area contributed by atoms with Crippen LogP contribution in [0.2, 0.25) is 0 Å². The van der Waals surface area contributed by atoms with Gasteiger partial charge in [-0.3, -0.25) is 5.32 Å². The number of hydrogen-bond acceptors (Lipinski definition) is 7. The van der Waals surface area contributed by atoms with Crippen molar-refractivity contribution in [3.8, 4) is 16.9 Å². The van der Waals surface area contributed by atoms with E-state index in [4.69, 9.17) is 9.47 Å². The Morgan fingerprint density at radius 1 is 0.949 bits per heavy atom. The average Bonchev–Trinajstić information content (AvgIpc) is 2.94. The first-order valence-electron chi connectivity index (χ1n) is 12.9. The zero-order valence-electron chi connectivity index (χ0n) is 22.8. The fraction of sp³-hybridized carbons (Fsp3) is 0.258. The number of ether oxygens (including phenoxy) is 2. The summed E-state index contributed by atoms with van der Waals surface area (Å²) in [5.41, 5.74) is 6.31. The van der Waals surface area contributed by atoms with Gasteiger partial charge in [-0.25, -0.2) is 14.8 Å². The molecule has 1 heterocycles. The van der Waals surface area contributed by atoms with Crippen LogP contribution >= 0.6 is 0 Å². The molecule has 0 saturated heterocycles. The number of nitrogens with one attached hydrogen (secondary N) is 2. The molecule has 2 N–H and O–H groups in total. The first kappa shape index (κ1) is 27.6. The number of amides is 1. The standard InChI is InChI=1S/C31H35N5O3/c1-22-8-7-11-26(23(22)2)27-9-5-6-10-28(27)29(39-31(37)35-30-16-17-32-21-34-30)20-33-24-12-14-25(15-13-24)38-19-18-36(3)4/h5-17,21,29,33H,18-20H2,1-4H3,(H,32,34,35,37)/t29-/m1/s1. The van der Waals surface area contributed by atoms with Crippen LogP contribution in [0.4, 0.5) is 16.3 Å². The topological polar surface area (TPSA) is 88.6 Å². The molecule has 0 aliphatic rings. The summed E-state index contributed by atoms with van der Waals surface area (Å²) in [7, 11) is 4.03. The van der Waals surface area contributed by atoms with Crippen molar-refractivity contribution in [1.82, 2.24) is 14.9 Å². The van der Waals surface area contributed by atoms with E-state index >= 15 is 0 Å². The van der Waals surface area contributed by atoms with Crippen molar-refractivity contribution < 1.29 is 14.3 Å². The first-order valence-corrected chi connectivity index (χ1v) is 12.9. The van der Waals surface area contributed by atoms with Crippen molar-refractivity contribution in [3.05, 3.63) is 102 Å². The Morgan fingerprint density at radius 2 is 1.72 bits per heavy atom. The molecule has 8 heteroatoms. The lowest BCUT2D eigenvalue weighted by Crippen LogP contribution is -2.23. The summed E-state index contributed by atoms with van der Waals surface area (Å²) in [6.07, 6.45) is 1.75. The monoisotopic (exact) mass is 525 g/mol. The molecule has 0 unspecified atom stereocenters. The molecule has 4 aromatic rings. The summed E-state index contributed by atoms with van der Waals surface area (Å²) in [6, 6.07) is 23.7. The van der Waals surface area contributed by atoms with E-state index in [0.29, 0.717) is 19.0 Å². The highest BCUT2D eigenvalue weighted by Crippen LogP contribution is 2.33. The normalized spacial score (nSPS) is 11.6. The lowest BCUT2D eigenvalue weighted by Gasteiger charge is -2.23. The van der Waals surface area contributed by atoms with Crippen LogP contribution < -0.4 is 15.4 Å². The number of nitrogens with zero attached hydrogens (tertiary/aromatic N) is 3. The minimum absolute atomic E-state index is 0.361. The molecule has 0 spiro atoms. The Hall–Kier alpha value is -4.43. The van der Waals surface area contributed by atoms with Gasteiger partial charge >= 0.3 is 6.09 Å². The van der Waals surface area contributed by atoms with Crippen LogP contribution in [0.25, 0.3) is 11.1 Å². The van der Waals surface area contributed by atoms with Crippen molar-refractivity contribution >= 4 is 17.6 Å². The lowest BCUT2D eigenvalue weighted by atomic mass is 9.91. The number of benzene rings is 3. The summed E-state index contributed by atoms with van der Waals surface area (Å²) in [4.78, 5) is 23.0. The predicted octanol–water partition coefficient (Wildman–Crippen LogP) is 6.10. The van der Waals surface area contributed by atoms with Crippen LogP contribution in [0.5, 0.6) is 5.75 Å². The molecule has 0 aliphatic carbocycles. The molecule has 1 aromatic heterocycles. The van der Waals surface area contributed by atoms with Gasteiger partial charge in [0.2, 0.25) is 0 Å². The first-order chi connectivity index (χ1) is 18.9. The number of hydrogen-bond donors (Lipinski definition) is 2. The van der Waals surface area contributed by atoms with Crippen LogP contribution in [-0.4, -0.2) is 54.8 Å². The Kier molecular flexibility index (Phi) is 9.48. The van der Waals surface area contributed by atoms with Crippen LogP contribution in [0, 0.1) is 13.8 Å². The number of likely N-dealkylation sites (N-methyl/N-ethyl adjacent to an activating group) is 1. The fourth-order valence-corrected chi connectivity index (χ4v) is 4.13. The third-order valence-electron chi connectivity index (χ3n) is 6.42. The number of carbonyl (C=O) groups is 1. The van der Waals surface area contributed by atoms with Gasteiger partial charge in [-0.2, -0.15) is 0 Å². The molecule has 0 saturated carbocycles. The molecule has 4 rings (SSSR count). The summed E-state index contributed by atoms with van der Waals surface area (Å²) >= 11 is 0. The maximum atomic E-state index is 12.9. The van der Waals surface area contributed by atoms with Gasteiger partial charge in [0.15, 0.2) is 0 Å². The van der Waals surface area contributed by atoms with Crippen molar-refractivity contribution in [3.63, 3.8) is 0 Å². The molecule has 0 fully saturated rings. The van der Waals surface area contributed by atoms with E-state index in [1.165, 1.54) is 17.5 Å². The van der Waals surface area contributed by atoms with Gasteiger partial charge < -0.3 is 19.7 Å². The summed E-state index contributed by atoms with van der Waals surface area (Å²) in [6.45, 7) is 6.03. The second-order valence-corrected chi connectivity index (χ2v) is 9.51. The predicted molar refractivity (Wildman–Crippen MR) is 155 cm³/mol. The van der Waals surface area contributed by atoms with E-state index in [0.717, 1.165) is 34.7 Å². The SMILES string of the molecule is Cc1cccc(-c2ccccc2[C@@H](CNc2ccc(OCCN(C)C)cc2)OC(=O)Nc2ccncn2)c1C. The third kappa shape index (κ3) is 7.78. The highest BCUT2D eigenvalue weighted by atomic mass is 16.6. The molecule has 1 amide bonds. The Balaban J connectivity index is 1.56. The van der Waals surface area contributed by atoms with Gasteiger partial charge in [0.25, 0.3) is 0 Å². The zero-order chi connectivity index (χ0) is 27.6. The third-order valence-corrected chi connectivity index (χ3v) is 6.42. The Bertz CT molecular complexity index is 1360. The van der Waals surface area contributed by atoms with Gasteiger partial charge in [-0.15, -0.1) is 0 Å². The summed E-state index contributed by atoms with van der Waals surface area (Å²) < 4.78 is 11.8. The van der Waals surface area contributed by atoms with Crippen molar-refractivity contribution in [2.45, 2.75) is 20.0 Å². The molecule has 0 bridgehead atoms. The van der Waals surface area contributed by atoms with Gasteiger partial charge in [-0.1, -0.05) is 42.5 Å². The quantitative estimate of drug-likeness (QED) is 0.244. The number of anilines is 2. The largest absolute Gasteiger partial charge is 0.492 e. The fourth-order valence-electron chi connectivity index (χ4n) is 4.13. The molecule has 0 radical (unpaired) electrons. The number of aryl methyl sites for hydroxylation is 1. The van der Waals surface area contributed by atoms with Gasteiger partial charge in [0, 0.05) is 24.0 Å². The van der Waals surface area contributed by atoms with Crippen LogP contribution in [0.1, 0.15) is 22.8 Å². The Morgan fingerprint density at radius 3 is 2.46 bits per heavy atom. The smallest absolute Gasteiger partial charge is 0.413 e.